The van der Waals surface area contributed by atoms with E-state index >= 15 is 0 Å². The van der Waals surface area contributed by atoms with E-state index in [0.29, 0.717) is 40.9 Å². The van der Waals surface area contributed by atoms with Crippen molar-refractivity contribution in [3.8, 4) is 22.4 Å². The monoisotopic (exact) mass is 675 g/mol. The standard InChI is InChI=1S/C37H42FN3O8/c1-25(2)35-34(37(45)39-29-13-7-4-8-14-29)33(26-11-5-3-6-12-26)36(27-15-17-28(38)18-16-27)40(35)20-19-30(42)23-31(43)24-32(44)48-21-9-10-22-49-41(46)47/h3-8,11-18,25,30-31,42-43H,9-10,19-24H2,1-2H3,(H,39,45)/t30-,31-/m1/s1. The van der Waals surface area contributed by atoms with Crippen LogP contribution in [0.25, 0.3) is 22.4 Å². The minimum atomic E-state index is -1.17. The fourth-order valence-corrected chi connectivity index (χ4v) is 5.78. The fourth-order valence-electron chi connectivity index (χ4n) is 5.78. The number of benzene rings is 3. The summed E-state index contributed by atoms with van der Waals surface area (Å²) in [4.78, 5) is 40.8. The average molecular weight is 676 g/mol. The molecule has 0 unspecified atom stereocenters. The van der Waals surface area contributed by atoms with Gasteiger partial charge in [-0.1, -0.05) is 62.4 Å². The van der Waals surface area contributed by atoms with Crippen LogP contribution in [-0.4, -0.2) is 57.2 Å². The van der Waals surface area contributed by atoms with Crippen LogP contribution in [0.2, 0.25) is 0 Å². The van der Waals surface area contributed by atoms with Gasteiger partial charge in [-0.2, -0.15) is 0 Å². The third kappa shape index (κ3) is 10.5. The number of rotatable bonds is 18. The van der Waals surface area contributed by atoms with Crippen molar-refractivity contribution >= 4 is 17.6 Å². The highest BCUT2D eigenvalue weighted by atomic mass is 19.1. The molecule has 0 bridgehead atoms. The maximum atomic E-state index is 14.2. The van der Waals surface area contributed by atoms with Crippen LogP contribution in [0.4, 0.5) is 10.1 Å². The van der Waals surface area contributed by atoms with Crippen molar-refractivity contribution in [1.82, 2.24) is 4.57 Å². The zero-order valence-corrected chi connectivity index (χ0v) is 27.6. The van der Waals surface area contributed by atoms with Gasteiger partial charge in [0.1, 0.15) is 5.82 Å². The van der Waals surface area contributed by atoms with Gasteiger partial charge in [-0.25, -0.2) is 4.39 Å². The Morgan fingerprint density at radius 1 is 0.898 bits per heavy atom. The molecule has 0 aliphatic heterocycles. The summed E-state index contributed by atoms with van der Waals surface area (Å²) in [5.74, 6) is -1.50. The molecule has 0 radical (unpaired) electrons. The first-order valence-electron chi connectivity index (χ1n) is 16.3. The number of nitrogens with zero attached hydrogens (tertiary/aromatic N) is 2. The van der Waals surface area contributed by atoms with Crippen molar-refractivity contribution in [1.29, 1.82) is 0 Å². The van der Waals surface area contributed by atoms with Crippen LogP contribution in [0.1, 0.15) is 67.9 Å². The number of carbonyl (C=O) groups excluding carboxylic acids is 2. The largest absolute Gasteiger partial charge is 0.466 e. The fraction of sp³-hybridized carbons (Fsp3) is 0.351. The molecule has 4 rings (SSSR count). The van der Waals surface area contributed by atoms with Gasteiger partial charge in [-0.3, -0.25) is 9.59 Å². The number of halogens is 1. The lowest BCUT2D eigenvalue weighted by molar-refractivity contribution is -0.757. The van der Waals surface area contributed by atoms with Gasteiger partial charge in [-0.05, 0) is 79.1 Å². The molecule has 12 heteroatoms. The van der Waals surface area contributed by atoms with Crippen molar-refractivity contribution < 1.29 is 38.9 Å². The highest BCUT2D eigenvalue weighted by Crippen LogP contribution is 2.42. The Hall–Kier alpha value is -5.07. The minimum Gasteiger partial charge on any atom is -0.466 e. The van der Waals surface area contributed by atoms with Crippen molar-refractivity contribution in [2.75, 3.05) is 18.5 Å². The maximum Gasteiger partial charge on any atom is 0.308 e. The Labute approximate surface area is 284 Å². The van der Waals surface area contributed by atoms with Crippen LogP contribution in [-0.2, 0) is 20.9 Å². The van der Waals surface area contributed by atoms with Gasteiger partial charge in [0.15, 0.2) is 0 Å². The van der Waals surface area contributed by atoms with E-state index in [1.165, 1.54) is 12.1 Å². The summed E-state index contributed by atoms with van der Waals surface area (Å²) in [6.45, 7) is 4.14. The molecular formula is C37H42FN3O8. The molecule has 3 aromatic carbocycles. The van der Waals surface area contributed by atoms with Crippen LogP contribution in [0, 0.1) is 15.9 Å². The Morgan fingerprint density at radius 2 is 1.53 bits per heavy atom. The van der Waals surface area contributed by atoms with E-state index in [4.69, 9.17) is 4.74 Å². The van der Waals surface area contributed by atoms with Gasteiger partial charge in [-0.15, -0.1) is 10.1 Å². The van der Waals surface area contributed by atoms with Gasteiger partial charge in [0.05, 0.1) is 43.1 Å². The summed E-state index contributed by atoms with van der Waals surface area (Å²) in [6, 6.07) is 24.7. The molecular weight excluding hydrogens is 633 g/mol. The Bertz CT molecular complexity index is 1680. The number of aliphatic hydroxyl groups is 2. The number of ether oxygens (including phenoxy) is 1. The minimum absolute atomic E-state index is 0.0247. The predicted molar refractivity (Wildman–Crippen MR) is 183 cm³/mol. The van der Waals surface area contributed by atoms with Crippen LogP contribution in [0.15, 0.2) is 84.9 Å². The van der Waals surface area contributed by atoms with E-state index in [2.05, 4.69) is 10.2 Å². The number of para-hydroxylation sites is 1. The third-order valence-corrected chi connectivity index (χ3v) is 7.92. The molecule has 0 fully saturated rings. The summed E-state index contributed by atoms with van der Waals surface area (Å²) in [5, 5.41) is 33.9. The average Bonchev–Trinajstić information content (AvgIpc) is 3.42. The number of hydrogen-bond donors (Lipinski definition) is 3. The van der Waals surface area contributed by atoms with Crippen LogP contribution < -0.4 is 5.32 Å². The molecule has 49 heavy (non-hydrogen) atoms. The quantitative estimate of drug-likeness (QED) is 0.0453. The molecule has 4 aromatic rings. The molecule has 0 spiro atoms. The highest BCUT2D eigenvalue weighted by molar-refractivity contribution is 6.12. The third-order valence-electron chi connectivity index (χ3n) is 7.92. The number of hydrogen-bond acceptors (Lipinski definition) is 8. The van der Waals surface area contributed by atoms with Crippen LogP contribution >= 0.6 is 0 Å². The highest BCUT2D eigenvalue weighted by Gasteiger charge is 2.31. The SMILES string of the molecule is CC(C)c1c(C(=O)Nc2ccccc2)c(-c2ccccc2)c(-c2ccc(F)cc2)n1CC[C@@H](O)C[C@@H](O)CC(=O)OCCCCO[N+](=O)[O-]. The smallest absolute Gasteiger partial charge is 0.308 e. The number of amides is 1. The Balaban J connectivity index is 1.60. The first kappa shape index (κ1) is 36.8. The summed E-state index contributed by atoms with van der Waals surface area (Å²) < 4.78 is 21.2. The normalized spacial score (nSPS) is 12.4. The van der Waals surface area contributed by atoms with Crippen molar-refractivity contribution in [3.05, 3.63) is 112 Å². The van der Waals surface area contributed by atoms with Gasteiger partial charge >= 0.3 is 5.97 Å². The van der Waals surface area contributed by atoms with E-state index in [1.54, 1.807) is 24.3 Å². The summed E-state index contributed by atoms with van der Waals surface area (Å²) in [7, 11) is 0. The lowest BCUT2D eigenvalue weighted by Gasteiger charge is -2.20. The van der Waals surface area contributed by atoms with Gasteiger partial charge in [0, 0.05) is 23.5 Å². The molecule has 260 valence electrons. The number of nitrogens with one attached hydrogen (secondary N) is 1. The van der Waals surface area contributed by atoms with Crippen molar-refractivity contribution in [2.24, 2.45) is 0 Å². The van der Waals surface area contributed by atoms with Crippen molar-refractivity contribution in [3.63, 3.8) is 0 Å². The Morgan fingerprint density at radius 3 is 2.16 bits per heavy atom. The van der Waals surface area contributed by atoms with Gasteiger partial charge in [0.25, 0.3) is 11.0 Å². The van der Waals surface area contributed by atoms with E-state index in [9.17, 15) is 34.3 Å². The molecule has 1 aromatic heterocycles. The van der Waals surface area contributed by atoms with Gasteiger partial charge in [0.2, 0.25) is 0 Å². The molecule has 11 nitrogen and oxygen atoms in total. The number of aliphatic hydroxyl groups excluding tert-OH is 2. The first-order chi connectivity index (χ1) is 23.5. The van der Waals surface area contributed by atoms with E-state index in [0.717, 1.165) is 11.3 Å². The molecule has 1 amide bonds. The summed E-state index contributed by atoms with van der Waals surface area (Å²) >= 11 is 0. The van der Waals surface area contributed by atoms with Crippen LogP contribution in [0.3, 0.4) is 0 Å². The van der Waals surface area contributed by atoms with E-state index in [1.807, 2.05) is 66.9 Å². The molecule has 0 aliphatic carbocycles. The first-order valence-corrected chi connectivity index (χ1v) is 16.3. The predicted octanol–water partition coefficient (Wildman–Crippen LogP) is 6.76. The second-order valence-electron chi connectivity index (χ2n) is 12.0. The number of anilines is 1. The topological polar surface area (TPSA) is 153 Å². The zero-order chi connectivity index (χ0) is 35.3. The van der Waals surface area contributed by atoms with Crippen molar-refractivity contribution in [2.45, 2.75) is 70.6 Å². The molecule has 3 N–H and O–H groups in total. The van der Waals surface area contributed by atoms with E-state index < -0.39 is 29.1 Å². The van der Waals surface area contributed by atoms with Gasteiger partial charge < -0.3 is 29.7 Å². The molecule has 1 heterocycles. The Kier molecular flexibility index (Phi) is 13.4. The summed E-state index contributed by atoms with van der Waals surface area (Å²) in [6.07, 6.45) is -1.73. The lowest BCUT2D eigenvalue weighted by Crippen LogP contribution is -2.23. The molecule has 0 aliphatic rings. The van der Waals surface area contributed by atoms with E-state index in [-0.39, 0.29) is 50.8 Å². The number of esters is 1. The summed E-state index contributed by atoms with van der Waals surface area (Å²) in [5.41, 5.74) is 4.66. The number of unbranched alkanes of at least 4 members (excludes halogenated alkanes) is 1. The number of carbonyl (C=O) groups is 2. The maximum absolute atomic E-state index is 14.2. The second-order valence-corrected chi connectivity index (χ2v) is 12.0. The zero-order valence-electron chi connectivity index (χ0n) is 27.6. The second kappa shape index (κ2) is 17.9. The number of aromatic nitrogens is 1. The molecule has 2 atom stereocenters. The lowest BCUT2D eigenvalue weighted by atomic mass is 9.94. The molecule has 0 saturated carbocycles. The molecule has 0 saturated heterocycles. The van der Waals surface area contributed by atoms with Crippen LogP contribution in [0.5, 0.6) is 0 Å².